The molecule has 0 amide bonds. The fourth-order valence-corrected chi connectivity index (χ4v) is 4.99. The summed E-state index contributed by atoms with van der Waals surface area (Å²) in [4.78, 5) is 35.8. The number of halogens is 1. The molecule has 9 nitrogen and oxygen atoms in total. The van der Waals surface area contributed by atoms with Gasteiger partial charge in [-0.2, -0.15) is 0 Å². The standard InChI is InChI=1S/C27H29BrO9/c1-14-24(35-15(2)29)26(36-16(3)30)27(37-17(4)31)25(34-14)19-6-7-21(28)20(13-19)11-18-5-8-22-23(12-18)33-10-9-32-22/h5-8,12-14,24-27H,9-11H2,1-4H3/t14-,24-,25+,26-,27+/m1/s1. The second kappa shape index (κ2) is 11.5. The van der Waals surface area contributed by atoms with Gasteiger partial charge < -0.3 is 28.4 Å². The predicted molar refractivity (Wildman–Crippen MR) is 134 cm³/mol. The van der Waals surface area contributed by atoms with E-state index in [1.165, 1.54) is 20.8 Å². The van der Waals surface area contributed by atoms with Gasteiger partial charge in [-0.1, -0.05) is 34.1 Å². The van der Waals surface area contributed by atoms with Gasteiger partial charge in [-0.25, -0.2) is 0 Å². The highest BCUT2D eigenvalue weighted by Crippen LogP contribution is 2.39. The molecule has 1 saturated heterocycles. The fourth-order valence-electron chi connectivity index (χ4n) is 4.61. The van der Waals surface area contributed by atoms with Crippen LogP contribution < -0.4 is 9.47 Å². The lowest BCUT2D eigenvalue weighted by atomic mass is 9.89. The Morgan fingerprint density at radius 3 is 2.14 bits per heavy atom. The molecule has 0 aromatic heterocycles. The first kappa shape index (κ1) is 26.9. The van der Waals surface area contributed by atoms with Crippen LogP contribution in [-0.4, -0.2) is 55.5 Å². The summed E-state index contributed by atoms with van der Waals surface area (Å²) in [7, 11) is 0. The molecule has 5 atom stereocenters. The number of benzene rings is 2. The highest BCUT2D eigenvalue weighted by molar-refractivity contribution is 9.10. The second-order valence-electron chi connectivity index (χ2n) is 8.99. The molecule has 0 aliphatic carbocycles. The zero-order chi connectivity index (χ0) is 26.7. The molecule has 198 valence electrons. The molecule has 1 fully saturated rings. The molecule has 0 N–H and O–H groups in total. The van der Waals surface area contributed by atoms with Crippen molar-refractivity contribution in [1.82, 2.24) is 0 Å². The molecule has 0 spiro atoms. The van der Waals surface area contributed by atoms with Crippen LogP contribution >= 0.6 is 15.9 Å². The molecule has 0 unspecified atom stereocenters. The van der Waals surface area contributed by atoms with Gasteiger partial charge in [0.15, 0.2) is 29.8 Å². The number of carbonyl (C=O) groups excluding carboxylic acids is 3. The Morgan fingerprint density at radius 2 is 1.46 bits per heavy atom. The maximum atomic E-state index is 12.1. The van der Waals surface area contributed by atoms with Crippen molar-refractivity contribution >= 4 is 33.8 Å². The van der Waals surface area contributed by atoms with Gasteiger partial charge in [-0.05, 0) is 48.2 Å². The summed E-state index contributed by atoms with van der Waals surface area (Å²) in [6, 6.07) is 11.5. The van der Waals surface area contributed by atoms with Crippen molar-refractivity contribution < 1.29 is 42.8 Å². The van der Waals surface area contributed by atoms with Gasteiger partial charge in [0.2, 0.25) is 0 Å². The minimum atomic E-state index is -1.05. The molecule has 2 aliphatic heterocycles. The van der Waals surface area contributed by atoms with Crippen molar-refractivity contribution in [2.75, 3.05) is 13.2 Å². The molecule has 2 aromatic rings. The topological polar surface area (TPSA) is 107 Å². The molecule has 10 heteroatoms. The number of hydrogen-bond acceptors (Lipinski definition) is 9. The molecule has 2 heterocycles. The highest BCUT2D eigenvalue weighted by atomic mass is 79.9. The van der Waals surface area contributed by atoms with Crippen LogP contribution in [0, 0.1) is 0 Å². The molecule has 0 saturated carbocycles. The van der Waals surface area contributed by atoms with E-state index >= 15 is 0 Å². The Balaban J connectivity index is 1.67. The first-order chi connectivity index (χ1) is 17.6. The van der Waals surface area contributed by atoms with E-state index in [1.807, 2.05) is 36.4 Å². The van der Waals surface area contributed by atoms with Crippen molar-refractivity contribution in [3.05, 3.63) is 57.6 Å². The van der Waals surface area contributed by atoms with Crippen LogP contribution in [-0.2, 0) is 39.8 Å². The fraction of sp³-hybridized carbons (Fsp3) is 0.444. The summed E-state index contributed by atoms with van der Waals surface area (Å²) >= 11 is 3.63. The van der Waals surface area contributed by atoms with Crippen molar-refractivity contribution in [2.24, 2.45) is 0 Å². The number of carbonyl (C=O) groups is 3. The molecule has 4 rings (SSSR count). The zero-order valence-corrected chi connectivity index (χ0v) is 22.6. The Bertz CT molecular complexity index is 1180. The summed E-state index contributed by atoms with van der Waals surface area (Å²) in [5.41, 5.74) is 2.69. The van der Waals surface area contributed by atoms with Crippen molar-refractivity contribution in [3.63, 3.8) is 0 Å². The van der Waals surface area contributed by atoms with E-state index in [0.717, 1.165) is 21.3 Å². The van der Waals surface area contributed by atoms with E-state index in [-0.39, 0.29) is 0 Å². The van der Waals surface area contributed by atoms with Gasteiger partial charge in [0.1, 0.15) is 19.3 Å². The lowest BCUT2D eigenvalue weighted by Gasteiger charge is -2.44. The van der Waals surface area contributed by atoms with Crippen molar-refractivity contribution in [1.29, 1.82) is 0 Å². The van der Waals surface area contributed by atoms with Gasteiger partial charge >= 0.3 is 17.9 Å². The largest absolute Gasteiger partial charge is 0.486 e. The van der Waals surface area contributed by atoms with Gasteiger partial charge in [0.05, 0.1) is 6.10 Å². The maximum absolute atomic E-state index is 12.1. The Kier molecular flexibility index (Phi) is 8.39. The van der Waals surface area contributed by atoms with Crippen molar-refractivity contribution in [3.8, 4) is 11.5 Å². The van der Waals surface area contributed by atoms with Crippen LogP contribution in [0.1, 0.15) is 50.5 Å². The average Bonchev–Trinajstić information content (AvgIpc) is 2.83. The second-order valence-corrected chi connectivity index (χ2v) is 9.84. The summed E-state index contributed by atoms with van der Waals surface area (Å²) in [6.07, 6.45) is -3.88. The molecule has 2 aromatic carbocycles. The lowest BCUT2D eigenvalue weighted by molar-refractivity contribution is -0.245. The first-order valence-electron chi connectivity index (χ1n) is 12.0. The number of fused-ring (bicyclic) bond motifs is 1. The number of hydrogen-bond donors (Lipinski definition) is 0. The predicted octanol–water partition coefficient (Wildman–Crippen LogP) is 4.07. The van der Waals surface area contributed by atoms with E-state index in [9.17, 15) is 14.4 Å². The third kappa shape index (κ3) is 6.42. The normalized spacial score (nSPS) is 24.6. The monoisotopic (exact) mass is 576 g/mol. The van der Waals surface area contributed by atoms with Gasteiger partial charge in [0.25, 0.3) is 0 Å². The minimum Gasteiger partial charge on any atom is -0.486 e. The Morgan fingerprint density at radius 1 is 0.838 bits per heavy atom. The molecular formula is C27H29BrO9. The summed E-state index contributed by atoms with van der Waals surface area (Å²) in [5.74, 6) is -0.322. The minimum absolute atomic E-state index is 0.502. The molecule has 0 radical (unpaired) electrons. The van der Waals surface area contributed by atoms with Gasteiger partial charge in [0, 0.05) is 25.2 Å². The van der Waals surface area contributed by atoms with E-state index in [2.05, 4.69) is 15.9 Å². The van der Waals surface area contributed by atoms with Crippen LogP contribution in [0.2, 0.25) is 0 Å². The maximum Gasteiger partial charge on any atom is 0.303 e. The van der Waals surface area contributed by atoms with Crippen LogP contribution in [0.3, 0.4) is 0 Å². The van der Waals surface area contributed by atoms with E-state index in [1.54, 1.807) is 6.92 Å². The van der Waals surface area contributed by atoms with E-state index < -0.39 is 48.4 Å². The highest BCUT2D eigenvalue weighted by Gasteiger charge is 2.50. The Labute approximate surface area is 223 Å². The summed E-state index contributed by atoms with van der Waals surface area (Å²) < 4.78 is 35.0. The third-order valence-corrected chi connectivity index (χ3v) is 6.85. The molecule has 0 bridgehead atoms. The first-order valence-corrected chi connectivity index (χ1v) is 12.8. The van der Waals surface area contributed by atoms with E-state index in [0.29, 0.717) is 30.9 Å². The zero-order valence-electron chi connectivity index (χ0n) is 21.0. The third-order valence-electron chi connectivity index (χ3n) is 6.08. The van der Waals surface area contributed by atoms with Gasteiger partial charge in [-0.3, -0.25) is 14.4 Å². The molecule has 37 heavy (non-hydrogen) atoms. The number of ether oxygens (including phenoxy) is 6. The SMILES string of the molecule is CC(=O)O[C@H]1[C@@H](OC(C)=O)[C@H](c2ccc(Br)c(Cc3ccc4c(c3)OCCO4)c2)O[C@H](C)[C@H]1OC(C)=O. The molecular weight excluding hydrogens is 548 g/mol. The lowest BCUT2D eigenvalue weighted by Crippen LogP contribution is -2.57. The number of rotatable bonds is 6. The summed E-state index contributed by atoms with van der Waals surface area (Å²) in [5, 5.41) is 0. The molecule has 2 aliphatic rings. The van der Waals surface area contributed by atoms with Crippen LogP contribution in [0.15, 0.2) is 40.9 Å². The van der Waals surface area contributed by atoms with Crippen molar-refractivity contribution in [2.45, 2.75) is 64.6 Å². The summed E-state index contributed by atoms with van der Waals surface area (Å²) in [6.45, 7) is 6.50. The smallest absolute Gasteiger partial charge is 0.303 e. The number of esters is 3. The average molecular weight is 577 g/mol. The Hall–Kier alpha value is -3.11. The van der Waals surface area contributed by atoms with Crippen LogP contribution in [0.25, 0.3) is 0 Å². The van der Waals surface area contributed by atoms with Gasteiger partial charge in [-0.15, -0.1) is 0 Å². The van der Waals surface area contributed by atoms with Crippen LogP contribution in [0.4, 0.5) is 0 Å². The quantitative estimate of drug-likeness (QED) is 0.371. The van der Waals surface area contributed by atoms with E-state index in [4.69, 9.17) is 28.4 Å². The van der Waals surface area contributed by atoms with Crippen LogP contribution in [0.5, 0.6) is 11.5 Å².